The Kier molecular flexibility index (Phi) is 3.12. The fraction of sp³-hybridized carbons (Fsp3) is 0.588. The third-order valence-corrected chi connectivity index (χ3v) is 5.16. The molecule has 1 amide bonds. The minimum atomic E-state index is -0.257. The van der Waals surface area contributed by atoms with E-state index in [2.05, 4.69) is 4.90 Å². The van der Waals surface area contributed by atoms with Gasteiger partial charge in [0.2, 0.25) is 5.91 Å². The Bertz CT molecular complexity index is 540. The normalized spacial score (nSPS) is 30.7. The van der Waals surface area contributed by atoms with Crippen molar-refractivity contribution in [3.8, 4) is 5.75 Å². The first-order valence-corrected chi connectivity index (χ1v) is 7.93. The lowest BCUT2D eigenvalue weighted by Gasteiger charge is -2.35. The Morgan fingerprint density at radius 2 is 1.95 bits per heavy atom. The number of halogens is 1. The van der Waals surface area contributed by atoms with Crippen molar-refractivity contribution < 1.29 is 13.9 Å². The fourth-order valence-corrected chi connectivity index (χ4v) is 3.90. The number of hydrogen-bond donors (Lipinski definition) is 0. The third-order valence-electron chi connectivity index (χ3n) is 5.16. The number of ether oxygens (including phenoxy) is 1. The molecule has 21 heavy (non-hydrogen) atoms. The van der Waals surface area contributed by atoms with Crippen LogP contribution in [0.5, 0.6) is 5.75 Å². The van der Waals surface area contributed by atoms with Crippen LogP contribution in [0.25, 0.3) is 0 Å². The van der Waals surface area contributed by atoms with Gasteiger partial charge in [0.1, 0.15) is 18.2 Å². The summed E-state index contributed by atoms with van der Waals surface area (Å²) in [6.07, 6.45) is 5.60. The second-order valence-corrected chi connectivity index (χ2v) is 6.58. The number of piperidine rings is 1. The highest BCUT2D eigenvalue weighted by atomic mass is 19.1. The fourth-order valence-electron chi connectivity index (χ4n) is 3.90. The van der Waals surface area contributed by atoms with Crippen molar-refractivity contribution in [2.45, 2.75) is 44.2 Å². The van der Waals surface area contributed by atoms with Crippen molar-refractivity contribution >= 4 is 5.91 Å². The maximum absolute atomic E-state index is 12.9. The van der Waals surface area contributed by atoms with Crippen molar-refractivity contribution in [3.63, 3.8) is 0 Å². The molecule has 2 saturated carbocycles. The summed E-state index contributed by atoms with van der Waals surface area (Å²) in [7, 11) is 0. The second kappa shape index (κ2) is 5.00. The largest absolute Gasteiger partial charge is 0.491 e. The van der Waals surface area contributed by atoms with E-state index in [-0.39, 0.29) is 17.8 Å². The summed E-state index contributed by atoms with van der Waals surface area (Å²) >= 11 is 0. The highest BCUT2D eigenvalue weighted by Crippen LogP contribution is 2.45. The molecule has 4 rings (SSSR count). The lowest BCUT2D eigenvalue weighted by Crippen LogP contribution is -2.48. The van der Waals surface area contributed by atoms with Gasteiger partial charge in [-0.25, -0.2) is 4.39 Å². The first-order valence-electron chi connectivity index (χ1n) is 7.93. The molecule has 0 radical (unpaired) electrons. The number of benzene rings is 1. The van der Waals surface area contributed by atoms with Gasteiger partial charge in [-0.05, 0) is 62.3 Å². The minimum absolute atomic E-state index is 0.210. The lowest BCUT2D eigenvalue weighted by atomic mass is 9.99. The van der Waals surface area contributed by atoms with Crippen molar-refractivity contribution in [3.05, 3.63) is 30.1 Å². The van der Waals surface area contributed by atoms with Gasteiger partial charge in [-0.15, -0.1) is 0 Å². The summed E-state index contributed by atoms with van der Waals surface area (Å²) in [5.74, 6) is 1.62. The monoisotopic (exact) mass is 289 g/mol. The number of nitrogens with zero attached hydrogens (tertiary/aromatic N) is 1. The molecule has 2 bridgehead atoms. The number of hydrogen-bond acceptors (Lipinski definition) is 2. The second-order valence-electron chi connectivity index (χ2n) is 6.58. The molecule has 0 spiro atoms. The van der Waals surface area contributed by atoms with E-state index in [9.17, 15) is 9.18 Å². The molecular weight excluding hydrogens is 269 g/mol. The average Bonchev–Trinajstić information content (AvgIpc) is 3.16. The zero-order valence-electron chi connectivity index (χ0n) is 12.0. The van der Waals surface area contributed by atoms with Crippen LogP contribution in [0.1, 0.15) is 32.1 Å². The molecule has 3 atom stereocenters. The quantitative estimate of drug-likeness (QED) is 0.853. The van der Waals surface area contributed by atoms with Gasteiger partial charge in [0.15, 0.2) is 0 Å². The molecule has 1 heterocycles. The standard InChI is InChI=1S/C17H20FNO2/c18-13-4-7-15(8-5-13)21-10-16-12-3-6-14(9-12)19(16)17(20)11-1-2-11/h4-5,7-8,11-12,14,16H,1-3,6,9-10H2/t12?,14?,16-/m0/s1. The Labute approximate surface area is 124 Å². The van der Waals surface area contributed by atoms with Crippen molar-refractivity contribution in [1.29, 1.82) is 0 Å². The van der Waals surface area contributed by atoms with Crippen LogP contribution < -0.4 is 4.74 Å². The molecule has 0 aromatic heterocycles. The van der Waals surface area contributed by atoms with E-state index in [1.54, 1.807) is 12.1 Å². The van der Waals surface area contributed by atoms with Gasteiger partial charge in [-0.1, -0.05) is 0 Å². The summed E-state index contributed by atoms with van der Waals surface area (Å²) in [6.45, 7) is 0.533. The zero-order chi connectivity index (χ0) is 14.4. The van der Waals surface area contributed by atoms with Crippen LogP contribution in [0, 0.1) is 17.7 Å². The van der Waals surface area contributed by atoms with Gasteiger partial charge in [0.25, 0.3) is 0 Å². The van der Waals surface area contributed by atoms with Crippen LogP contribution in [-0.2, 0) is 4.79 Å². The van der Waals surface area contributed by atoms with Crippen LogP contribution in [0.4, 0.5) is 4.39 Å². The number of carbonyl (C=O) groups is 1. The van der Waals surface area contributed by atoms with E-state index in [0.717, 1.165) is 25.7 Å². The van der Waals surface area contributed by atoms with E-state index in [0.29, 0.717) is 30.2 Å². The summed E-state index contributed by atoms with van der Waals surface area (Å²) < 4.78 is 18.7. The zero-order valence-corrected chi connectivity index (χ0v) is 12.0. The number of amides is 1. The van der Waals surface area contributed by atoms with Gasteiger partial charge in [0, 0.05) is 12.0 Å². The Balaban J connectivity index is 1.44. The van der Waals surface area contributed by atoms with E-state index in [4.69, 9.17) is 4.74 Å². The highest BCUT2D eigenvalue weighted by Gasteiger charge is 2.50. The smallest absolute Gasteiger partial charge is 0.226 e. The molecule has 2 aliphatic carbocycles. The first kappa shape index (κ1) is 13.1. The van der Waals surface area contributed by atoms with Crippen molar-refractivity contribution in [2.24, 2.45) is 11.8 Å². The van der Waals surface area contributed by atoms with Gasteiger partial charge >= 0.3 is 0 Å². The Hall–Kier alpha value is -1.58. The molecule has 2 unspecified atom stereocenters. The predicted molar refractivity (Wildman–Crippen MR) is 76.4 cm³/mol. The van der Waals surface area contributed by atoms with Crippen LogP contribution in [0.15, 0.2) is 24.3 Å². The van der Waals surface area contributed by atoms with E-state index in [1.807, 2.05) is 0 Å². The summed E-state index contributed by atoms with van der Waals surface area (Å²) in [4.78, 5) is 14.6. The molecule has 1 aromatic carbocycles. The summed E-state index contributed by atoms with van der Waals surface area (Å²) in [5, 5.41) is 0. The van der Waals surface area contributed by atoms with E-state index < -0.39 is 0 Å². The average molecular weight is 289 g/mol. The van der Waals surface area contributed by atoms with Gasteiger partial charge < -0.3 is 9.64 Å². The number of rotatable bonds is 4. The maximum atomic E-state index is 12.9. The molecular formula is C17H20FNO2. The highest BCUT2D eigenvalue weighted by molar-refractivity contribution is 5.82. The third kappa shape index (κ3) is 2.41. The van der Waals surface area contributed by atoms with E-state index in [1.165, 1.54) is 18.6 Å². The number of likely N-dealkylation sites (tertiary alicyclic amines) is 1. The SMILES string of the molecule is O=C(C1CC1)N1C2CCC(C2)[C@@H]1COc1ccc(F)cc1. The van der Waals surface area contributed by atoms with Crippen LogP contribution in [0.3, 0.4) is 0 Å². The number of fused-ring (bicyclic) bond motifs is 2. The Morgan fingerprint density at radius 1 is 1.19 bits per heavy atom. The molecule has 112 valence electrons. The van der Waals surface area contributed by atoms with E-state index >= 15 is 0 Å². The van der Waals surface area contributed by atoms with Crippen LogP contribution in [0.2, 0.25) is 0 Å². The molecule has 3 fully saturated rings. The Morgan fingerprint density at radius 3 is 2.67 bits per heavy atom. The molecule has 1 saturated heterocycles. The maximum Gasteiger partial charge on any atom is 0.226 e. The lowest BCUT2D eigenvalue weighted by molar-refractivity contribution is -0.137. The molecule has 1 aromatic rings. The predicted octanol–water partition coefficient (Wildman–Crippen LogP) is 2.99. The molecule has 4 heteroatoms. The molecule has 0 N–H and O–H groups in total. The van der Waals surface area contributed by atoms with Crippen LogP contribution in [-0.4, -0.2) is 29.5 Å². The summed E-state index contributed by atoms with van der Waals surface area (Å²) in [6, 6.07) is 6.75. The summed E-state index contributed by atoms with van der Waals surface area (Å²) in [5.41, 5.74) is 0. The molecule has 1 aliphatic heterocycles. The topological polar surface area (TPSA) is 29.5 Å². The van der Waals surface area contributed by atoms with Crippen molar-refractivity contribution in [2.75, 3.05) is 6.61 Å². The van der Waals surface area contributed by atoms with Gasteiger partial charge in [0.05, 0.1) is 6.04 Å². The van der Waals surface area contributed by atoms with Gasteiger partial charge in [-0.2, -0.15) is 0 Å². The molecule has 3 nitrogen and oxygen atoms in total. The van der Waals surface area contributed by atoms with Crippen LogP contribution >= 0.6 is 0 Å². The molecule has 3 aliphatic rings. The first-order chi connectivity index (χ1) is 10.2. The minimum Gasteiger partial charge on any atom is -0.491 e. The van der Waals surface area contributed by atoms with Gasteiger partial charge in [-0.3, -0.25) is 4.79 Å². The number of carbonyl (C=O) groups excluding carboxylic acids is 1. The van der Waals surface area contributed by atoms with Crippen molar-refractivity contribution in [1.82, 2.24) is 4.90 Å².